The fourth-order valence-electron chi connectivity index (χ4n) is 4.93. The third-order valence-electron chi connectivity index (χ3n) is 7.26. The molecule has 0 N–H and O–H groups in total. The Labute approximate surface area is 236 Å². The van der Waals surface area contributed by atoms with Crippen LogP contribution in [-0.4, -0.2) is 0 Å². The predicted octanol–water partition coefficient (Wildman–Crippen LogP) is 4.97. The van der Waals surface area contributed by atoms with Crippen LogP contribution >= 0.6 is 0 Å². The molecule has 0 aliphatic carbocycles. The van der Waals surface area contributed by atoms with E-state index in [1.807, 2.05) is 0 Å². The van der Waals surface area contributed by atoms with Gasteiger partial charge >= 0.3 is 0 Å². The first-order valence-corrected chi connectivity index (χ1v) is 13.8. The van der Waals surface area contributed by atoms with Crippen molar-refractivity contribution in [2.24, 2.45) is 0 Å². The number of hydrogen-bond acceptors (Lipinski definition) is 0. The van der Waals surface area contributed by atoms with Gasteiger partial charge in [0.15, 0.2) is 62.7 Å². The van der Waals surface area contributed by atoms with Gasteiger partial charge in [-0.05, 0) is 22.3 Å². The topological polar surface area (TPSA) is 15.5 Å². The second-order valence-electron chi connectivity index (χ2n) is 10.1. The first-order valence-electron chi connectivity index (χ1n) is 13.8. The van der Waals surface area contributed by atoms with Gasteiger partial charge in [0.1, 0.15) is 0 Å². The highest BCUT2D eigenvalue weighted by molar-refractivity contribution is 5.61. The van der Waals surface area contributed by atoms with Crippen LogP contribution < -0.4 is 18.3 Å². The first-order chi connectivity index (χ1) is 19.8. The molecule has 2 aromatic carbocycles. The molecule has 40 heavy (non-hydrogen) atoms. The van der Waals surface area contributed by atoms with Crippen LogP contribution in [0.15, 0.2) is 159 Å². The Bertz CT molecular complexity index is 1500. The standard InChI is InChI=1S/C36H34N4/c1-3-7-31(8-4-1)29-39-23-15-35(16-24-39)33-11-19-37(20-12-33)27-28-38-21-13-34(14-22-38)36-17-25-40(26-18-36)30-32-9-5-2-6-10-32/h1-26H,27-30H2/q+4. The number of rotatable bonds is 9. The Hall–Kier alpha value is -4.96. The molecule has 0 saturated carbocycles. The van der Waals surface area contributed by atoms with Crippen molar-refractivity contribution >= 4 is 0 Å². The van der Waals surface area contributed by atoms with Crippen LogP contribution in [0.4, 0.5) is 0 Å². The molecule has 6 aromatic rings. The maximum atomic E-state index is 2.24. The normalized spacial score (nSPS) is 10.9. The van der Waals surface area contributed by atoms with Gasteiger partial charge in [-0.2, -0.15) is 9.13 Å². The van der Waals surface area contributed by atoms with Gasteiger partial charge in [-0.1, -0.05) is 60.7 Å². The minimum Gasteiger partial charge on any atom is -0.201 e. The van der Waals surface area contributed by atoms with Crippen molar-refractivity contribution in [2.75, 3.05) is 0 Å². The SMILES string of the molecule is c1ccc(C[n+]2ccc(-c3cc[n+](CC[n+]4ccc(-c5cc[n+](Cc6ccccc6)cc5)cc4)cc3)cc2)cc1. The number of aryl methyl sites for hydroxylation is 2. The summed E-state index contributed by atoms with van der Waals surface area (Å²) >= 11 is 0. The zero-order chi connectivity index (χ0) is 27.0. The summed E-state index contributed by atoms with van der Waals surface area (Å²) in [5.41, 5.74) is 7.53. The molecule has 0 atom stereocenters. The van der Waals surface area contributed by atoms with Crippen molar-refractivity contribution in [3.05, 3.63) is 170 Å². The third-order valence-corrected chi connectivity index (χ3v) is 7.26. The quantitative estimate of drug-likeness (QED) is 0.239. The van der Waals surface area contributed by atoms with Gasteiger partial charge < -0.3 is 0 Å². The molecule has 0 unspecified atom stereocenters. The lowest BCUT2D eigenvalue weighted by Gasteiger charge is -2.03. The highest BCUT2D eigenvalue weighted by Crippen LogP contribution is 2.17. The van der Waals surface area contributed by atoms with Crippen molar-refractivity contribution in [2.45, 2.75) is 26.2 Å². The minimum absolute atomic E-state index is 0.884. The summed E-state index contributed by atoms with van der Waals surface area (Å²) in [6.45, 7) is 3.60. The van der Waals surface area contributed by atoms with Crippen LogP contribution in [0.1, 0.15) is 11.1 Å². The molecule has 0 saturated heterocycles. The molecule has 4 heteroatoms. The van der Waals surface area contributed by atoms with Crippen molar-refractivity contribution < 1.29 is 18.3 Å². The van der Waals surface area contributed by atoms with E-state index in [9.17, 15) is 0 Å². The van der Waals surface area contributed by atoms with E-state index in [-0.39, 0.29) is 0 Å². The fraction of sp³-hybridized carbons (Fsp3) is 0.111. The maximum absolute atomic E-state index is 2.24. The van der Waals surface area contributed by atoms with Crippen LogP contribution in [0.25, 0.3) is 22.3 Å². The second-order valence-corrected chi connectivity index (χ2v) is 10.1. The van der Waals surface area contributed by atoms with Gasteiger partial charge in [-0.25, -0.2) is 9.13 Å². The Balaban J connectivity index is 1.02. The van der Waals surface area contributed by atoms with Crippen molar-refractivity contribution in [1.82, 2.24) is 0 Å². The average Bonchev–Trinajstić information content (AvgIpc) is 3.02. The molecule has 0 amide bonds. The van der Waals surface area contributed by atoms with Crippen LogP contribution in [-0.2, 0) is 26.2 Å². The van der Waals surface area contributed by atoms with E-state index in [1.54, 1.807) is 0 Å². The van der Waals surface area contributed by atoms with E-state index in [0.717, 1.165) is 26.2 Å². The molecule has 0 aliphatic rings. The molecule has 0 bridgehead atoms. The monoisotopic (exact) mass is 522 g/mol. The summed E-state index contributed by atoms with van der Waals surface area (Å²) in [6.07, 6.45) is 17.3. The van der Waals surface area contributed by atoms with Crippen molar-refractivity contribution in [1.29, 1.82) is 0 Å². The molecular weight excluding hydrogens is 488 g/mol. The van der Waals surface area contributed by atoms with E-state index in [1.165, 1.54) is 33.4 Å². The molecule has 0 radical (unpaired) electrons. The number of benzene rings is 2. The van der Waals surface area contributed by atoms with Crippen LogP contribution in [0, 0.1) is 0 Å². The summed E-state index contributed by atoms with van der Waals surface area (Å²) in [5, 5.41) is 0. The molecule has 0 aliphatic heterocycles. The lowest BCUT2D eigenvalue weighted by molar-refractivity contribution is -0.778. The largest absolute Gasteiger partial charge is 0.206 e. The molecule has 4 nitrogen and oxygen atoms in total. The predicted molar refractivity (Wildman–Crippen MR) is 156 cm³/mol. The van der Waals surface area contributed by atoms with Crippen molar-refractivity contribution in [3.63, 3.8) is 0 Å². The summed E-state index contributed by atoms with van der Waals surface area (Å²) in [4.78, 5) is 0. The maximum Gasteiger partial charge on any atom is 0.206 e. The number of hydrogen-bond donors (Lipinski definition) is 0. The summed E-state index contributed by atoms with van der Waals surface area (Å²) < 4.78 is 8.91. The van der Waals surface area contributed by atoms with Crippen LogP contribution in [0.3, 0.4) is 0 Å². The Morgan fingerprint density at radius 3 is 0.875 bits per heavy atom. The molecule has 4 heterocycles. The molecular formula is C36H34N4+4. The average molecular weight is 523 g/mol. The van der Waals surface area contributed by atoms with E-state index in [2.05, 4.69) is 177 Å². The zero-order valence-electron chi connectivity index (χ0n) is 22.6. The minimum atomic E-state index is 0.884. The van der Waals surface area contributed by atoms with Gasteiger partial charge in [-0.3, -0.25) is 0 Å². The number of nitrogens with zero attached hydrogens (tertiary/aromatic N) is 4. The lowest BCUT2D eigenvalue weighted by Crippen LogP contribution is -2.43. The third kappa shape index (κ3) is 6.54. The molecule has 6 rings (SSSR count). The zero-order valence-corrected chi connectivity index (χ0v) is 22.6. The Morgan fingerprint density at radius 1 is 0.300 bits per heavy atom. The number of pyridine rings is 4. The van der Waals surface area contributed by atoms with Crippen LogP contribution in [0.2, 0.25) is 0 Å². The fourth-order valence-corrected chi connectivity index (χ4v) is 4.93. The van der Waals surface area contributed by atoms with E-state index in [0.29, 0.717) is 0 Å². The second kappa shape index (κ2) is 12.3. The summed E-state index contributed by atoms with van der Waals surface area (Å²) in [5.74, 6) is 0. The Kier molecular flexibility index (Phi) is 7.77. The summed E-state index contributed by atoms with van der Waals surface area (Å²) in [7, 11) is 0. The van der Waals surface area contributed by atoms with Gasteiger partial charge in [0.05, 0.1) is 0 Å². The van der Waals surface area contributed by atoms with Crippen molar-refractivity contribution in [3.8, 4) is 22.3 Å². The van der Waals surface area contributed by atoms with Gasteiger partial charge in [0, 0.05) is 59.7 Å². The van der Waals surface area contributed by atoms with Gasteiger partial charge in [0.2, 0.25) is 13.1 Å². The van der Waals surface area contributed by atoms with E-state index in [4.69, 9.17) is 0 Å². The van der Waals surface area contributed by atoms with Gasteiger partial charge in [0.25, 0.3) is 0 Å². The molecule has 194 valence electrons. The molecule has 0 spiro atoms. The van der Waals surface area contributed by atoms with E-state index < -0.39 is 0 Å². The van der Waals surface area contributed by atoms with Gasteiger partial charge in [-0.15, -0.1) is 0 Å². The van der Waals surface area contributed by atoms with E-state index >= 15 is 0 Å². The lowest BCUT2D eigenvalue weighted by atomic mass is 10.1. The number of aromatic nitrogens is 4. The Morgan fingerprint density at radius 2 is 0.575 bits per heavy atom. The molecule has 4 aromatic heterocycles. The first kappa shape index (κ1) is 25.3. The highest BCUT2D eigenvalue weighted by atomic mass is 15.0. The molecule has 0 fully saturated rings. The summed E-state index contributed by atoms with van der Waals surface area (Å²) in [6, 6.07) is 38.7. The van der Waals surface area contributed by atoms with Crippen LogP contribution in [0.5, 0.6) is 0 Å². The smallest absolute Gasteiger partial charge is 0.201 e. The highest BCUT2D eigenvalue weighted by Gasteiger charge is 2.10.